The highest BCUT2D eigenvalue weighted by atomic mass is 32.2. The maximum atomic E-state index is 12.3. The van der Waals surface area contributed by atoms with Crippen LogP contribution < -0.4 is 10.4 Å². The molecular weight excluding hydrogens is 444 g/mol. The highest BCUT2D eigenvalue weighted by molar-refractivity contribution is 8.15. The van der Waals surface area contributed by atoms with Gasteiger partial charge in [0, 0.05) is 11.4 Å². The highest BCUT2D eigenvalue weighted by Crippen LogP contribution is 2.37. The molecule has 0 aliphatic heterocycles. The molecule has 0 unspecified atom stereocenters. The molecule has 2 aromatic rings. The monoisotopic (exact) mass is 484 g/mol. The van der Waals surface area contributed by atoms with E-state index in [1.807, 2.05) is 45.9 Å². The largest absolute Gasteiger partial charge is 0.407 e. The molecule has 0 aromatic heterocycles. The Morgan fingerprint density at radius 2 is 1.45 bits per heavy atom. The Morgan fingerprint density at radius 3 is 1.88 bits per heavy atom. The second-order valence-electron chi connectivity index (χ2n) is 10.6. The van der Waals surface area contributed by atoms with E-state index >= 15 is 0 Å². The molecule has 0 aliphatic carbocycles. The van der Waals surface area contributed by atoms with Gasteiger partial charge < -0.3 is 9.53 Å². The van der Waals surface area contributed by atoms with Gasteiger partial charge in [0.15, 0.2) is 0 Å². The van der Waals surface area contributed by atoms with Crippen LogP contribution >= 0.6 is 11.8 Å². The number of hydrogen-bond donors (Lipinski definition) is 1. The summed E-state index contributed by atoms with van der Waals surface area (Å²) < 4.78 is 6.73. The second kappa shape index (κ2) is 11.7. The quantitative estimate of drug-likeness (QED) is 0.366. The third-order valence-electron chi connectivity index (χ3n) is 5.60. The number of hydrogen-bond acceptors (Lipinski definition) is 4. The number of aliphatic hydroxyl groups is 1. The van der Waals surface area contributed by atoms with Crippen molar-refractivity contribution in [2.75, 3.05) is 6.61 Å². The fraction of sp³-hybridized carbons (Fsp3) is 0.464. The van der Waals surface area contributed by atoms with Crippen LogP contribution in [0.25, 0.3) is 0 Å². The summed E-state index contributed by atoms with van der Waals surface area (Å²) in [6.45, 7) is 15.1. The van der Waals surface area contributed by atoms with E-state index in [1.54, 1.807) is 0 Å². The molecule has 0 amide bonds. The van der Waals surface area contributed by atoms with E-state index in [2.05, 4.69) is 69.3 Å². The summed E-state index contributed by atoms with van der Waals surface area (Å²) in [6, 6.07) is 21.1. The van der Waals surface area contributed by atoms with Crippen molar-refractivity contribution in [3.8, 4) is 0 Å². The van der Waals surface area contributed by atoms with Crippen molar-refractivity contribution < 1.29 is 14.3 Å². The molecule has 0 saturated heterocycles. The summed E-state index contributed by atoms with van der Waals surface area (Å²) in [6.07, 6.45) is 2.28. The van der Waals surface area contributed by atoms with E-state index in [4.69, 9.17) is 4.43 Å². The Hall–Kier alpha value is -1.66. The zero-order chi connectivity index (χ0) is 24.7. The molecule has 0 bridgehead atoms. The number of carbonyl (C=O) groups excluding carboxylic acids is 1. The fourth-order valence-electron chi connectivity index (χ4n) is 3.98. The molecule has 0 saturated carbocycles. The van der Waals surface area contributed by atoms with Crippen LogP contribution in [0.3, 0.4) is 0 Å². The lowest BCUT2D eigenvalue weighted by Crippen LogP contribution is -2.66. The maximum absolute atomic E-state index is 12.3. The summed E-state index contributed by atoms with van der Waals surface area (Å²) in [5.41, 5.74) is 0.696. The van der Waals surface area contributed by atoms with Crippen LogP contribution in [0, 0.1) is 0 Å². The van der Waals surface area contributed by atoms with Gasteiger partial charge in [-0.2, -0.15) is 0 Å². The van der Waals surface area contributed by atoms with Gasteiger partial charge in [0.2, 0.25) is 5.12 Å². The molecule has 0 aliphatic rings. The number of aliphatic hydroxyl groups excluding tert-OH is 1. The zero-order valence-corrected chi connectivity index (χ0v) is 23.0. The van der Waals surface area contributed by atoms with E-state index in [0.717, 1.165) is 0 Å². The average molecular weight is 485 g/mol. The lowest BCUT2D eigenvalue weighted by Gasteiger charge is -2.43. The van der Waals surface area contributed by atoms with Crippen LogP contribution in [0.4, 0.5) is 0 Å². The summed E-state index contributed by atoms with van der Waals surface area (Å²) in [4.78, 5) is 12.3. The highest BCUT2D eigenvalue weighted by Gasteiger charge is 2.50. The third kappa shape index (κ3) is 7.68. The minimum atomic E-state index is -2.59. The zero-order valence-electron chi connectivity index (χ0n) is 21.2. The minimum absolute atomic E-state index is 0.0678. The molecule has 5 heteroatoms. The Kier molecular flexibility index (Phi) is 9.74. The SMILES string of the molecule is C/C(=C\C[C@H](O)CCO[Si](c1ccccc1)(c1ccccc1)C(C)(C)C)C(=O)SC(C)(C)C. The summed E-state index contributed by atoms with van der Waals surface area (Å²) >= 11 is 1.33. The van der Waals surface area contributed by atoms with Gasteiger partial charge in [-0.1, -0.05) is 120 Å². The number of benzene rings is 2. The molecule has 0 spiro atoms. The van der Waals surface area contributed by atoms with Gasteiger partial charge in [0.05, 0.1) is 6.10 Å². The van der Waals surface area contributed by atoms with E-state index in [-0.39, 0.29) is 14.9 Å². The second-order valence-corrected chi connectivity index (χ2v) is 16.7. The van der Waals surface area contributed by atoms with Crippen molar-refractivity contribution >= 4 is 35.6 Å². The van der Waals surface area contributed by atoms with E-state index in [1.165, 1.54) is 22.1 Å². The molecule has 0 fully saturated rings. The van der Waals surface area contributed by atoms with Gasteiger partial charge in [0.25, 0.3) is 8.32 Å². The number of thioether (sulfide) groups is 1. The van der Waals surface area contributed by atoms with Gasteiger partial charge in [0.1, 0.15) is 0 Å². The Labute approximate surface area is 205 Å². The molecule has 1 N–H and O–H groups in total. The van der Waals surface area contributed by atoms with Gasteiger partial charge in [-0.3, -0.25) is 4.79 Å². The van der Waals surface area contributed by atoms with Crippen molar-refractivity contribution in [2.45, 2.75) is 77.2 Å². The van der Waals surface area contributed by atoms with Crippen molar-refractivity contribution in [3.05, 3.63) is 72.3 Å². The molecule has 180 valence electrons. The Morgan fingerprint density at radius 1 is 0.970 bits per heavy atom. The van der Waals surface area contributed by atoms with Crippen LogP contribution in [-0.4, -0.2) is 36.0 Å². The number of rotatable bonds is 9. The molecular formula is C28H40O3SSi. The predicted molar refractivity (Wildman–Crippen MR) is 145 cm³/mol. The topological polar surface area (TPSA) is 46.5 Å². The normalized spacial score (nSPS) is 14.2. The van der Waals surface area contributed by atoms with Gasteiger partial charge in [-0.15, -0.1) is 0 Å². The van der Waals surface area contributed by atoms with Crippen LogP contribution in [-0.2, 0) is 9.22 Å². The fourth-order valence-corrected chi connectivity index (χ4v) is 9.36. The number of carbonyl (C=O) groups is 1. The van der Waals surface area contributed by atoms with Crippen LogP contribution in [0.5, 0.6) is 0 Å². The van der Waals surface area contributed by atoms with Gasteiger partial charge in [-0.25, -0.2) is 0 Å². The Bertz CT molecular complexity index is 872. The average Bonchev–Trinajstić information content (AvgIpc) is 2.74. The van der Waals surface area contributed by atoms with Crippen molar-refractivity contribution in [1.82, 2.24) is 0 Å². The van der Waals surface area contributed by atoms with Gasteiger partial charge in [-0.05, 0) is 40.8 Å². The first kappa shape index (κ1) is 27.6. The molecule has 2 aromatic carbocycles. The third-order valence-corrected chi connectivity index (χ3v) is 11.8. The van der Waals surface area contributed by atoms with E-state index < -0.39 is 14.4 Å². The standard InChI is InChI=1S/C28H40O3SSi/c1-22(26(30)32-27(2,3)4)18-19-23(29)20-21-31-33(28(5,6)7,24-14-10-8-11-15-24)25-16-12-9-13-17-25/h8-18,23,29H,19-21H2,1-7H3/b22-18+/t23-/m0/s1. The van der Waals surface area contributed by atoms with Crippen molar-refractivity contribution in [2.24, 2.45) is 0 Å². The first-order valence-corrected chi connectivity index (χ1v) is 14.4. The molecule has 1 atom stereocenters. The summed E-state index contributed by atoms with van der Waals surface area (Å²) in [5, 5.41) is 13.1. The summed E-state index contributed by atoms with van der Waals surface area (Å²) in [5.74, 6) is 0. The van der Waals surface area contributed by atoms with Crippen molar-refractivity contribution in [3.63, 3.8) is 0 Å². The molecule has 0 heterocycles. The van der Waals surface area contributed by atoms with Crippen molar-refractivity contribution in [1.29, 1.82) is 0 Å². The van der Waals surface area contributed by atoms with Gasteiger partial charge >= 0.3 is 0 Å². The molecule has 0 radical (unpaired) electrons. The predicted octanol–water partition coefficient (Wildman–Crippen LogP) is 5.71. The van der Waals surface area contributed by atoms with Crippen LogP contribution in [0.1, 0.15) is 61.3 Å². The lowest BCUT2D eigenvalue weighted by atomic mass is 10.1. The lowest BCUT2D eigenvalue weighted by molar-refractivity contribution is -0.107. The first-order chi connectivity index (χ1) is 15.4. The van der Waals surface area contributed by atoms with Crippen LogP contribution in [0.2, 0.25) is 5.04 Å². The minimum Gasteiger partial charge on any atom is -0.407 e. The molecule has 3 nitrogen and oxygen atoms in total. The summed E-state index contributed by atoms with van der Waals surface area (Å²) in [7, 11) is -2.59. The Balaban J connectivity index is 2.16. The van der Waals surface area contributed by atoms with Crippen LogP contribution in [0.15, 0.2) is 72.3 Å². The van der Waals surface area contributed by atoms with E-state index in [0.29, 0.717) is 25.0 Å². The molecule has 33 heavy (non-hydrogen) atoms. The smallest absolute Gasteiger partial charge is 0.261 e. The first-order valence-electron chi connectivity index (χ1n) is 11.7. The maximum Gasteiger partial charge on any atom is 0.261 e. The van der Waals surface area contributed by atoms with E-state index in [9.17, 15) is 9.90 Å². The molecule has 2 rings (SSSR count).